The molecule has 0 fully saturated rings. The molecule has 1 amide bonds. The number of anilines is 1. The van der Waals surface area contributed by atoms with Crippen molar-refractivity contribution < 1.29 is 24.1 Å². The smallest absolute Gasteiger partial charge is 0.259 e. The molecule has 6 heteroatoms. The van der Waals surface area contributed by atoms with Gasteiger partial charge in [-0.2, -0.15) is 0 Å². The molecule has 0 aliphatic carbocycles. The van der Waals surface area contributed by atoms with Crippen LogP contribution in [0.2, 0.25) is 0 Å². The first-order chi connectivity index (χ1) is 16.1. The Balaban J connectivity index is 1.90. The quantitative estimate of drug-likeness (QED) is 0.622. The summed E-state index contributed by atoms with van der Waals surface area (Å²) in [5.41, 5.74) is 1.45. The van der Waals surface area contributed by atoms with E-state index in [0.29, 0.717) is 28.3 Å². The number of nitrogens with zero attached hydrogens (tertiary/aromatic N) is 1. The van der Waals surface area contributed by atoms with Crippen LogP contribution in [-0.2, 0) is 15.1 Å². The standard InChI is InChI=1S/C28H33NO5/c1-18(2)8-7-16-27(3)17-15-19-9-14-22-23(24(19)34-27)28(31,25(33-6)26(30)29(22)4)20-10-12-21(32-5)13-11-20/h8-15,17,25,31H,7,16H2,1-6H3/t25-,27+,28+/m1/s1. The molecule has 2 aliphatic heterocycles. The first-order valence-electron chi connectivity index (χ1n) is 11.5. The van der Waals surface area contributed by atoms with Gasteiger partial charge < -0.3 is 24.2 Å². The number of benzene rings is 2. The van der Waals surface area contributed by atoms with E-state index in [0.717, 1.165) is 18.4 Å². The molecule has 0 bridgehead atoms. The number of likely N-dealkylation sites (N-methyl/N-ethyl adjacent to an activating group) is 1. The second kappa shape index (κ2) is 8.93. The number of hydrogen-bond donors (Lipinski definition) is 1. The predicted molar refractivity (Wildman–Crippen MR) is 133 cm³/mol. The highest BCUT2D eigenvalue weighted by Crippen LogP contribution is 2.52. The monoisotopic (exact) mass is 463 g/mol. The maximum atomic E-state index is 13.3. The number of methoxy groups -OCH3 is 2. The van der Waals surface area contributed by atoms with Gasteiger partial charge >= 0.3 is 0 Å². The molecule has 2 aromatic rings. The molecule has 0 saturated carbocycles. The van der Waals surface area contributed by atoms with Crippen LogP contribution < -0.4 is 14.4 Å². The van der Waals surface area contributed by atoms with Gasteiger partial charge in [0.05, 0.1) is 18.4 Å². The second-order valence-electron chi connectivity index (χ2n) is 9.45. The molecule has 0 aromatic heterocycles. The molecule has 2 aromatic carbocycles. The zero-order valence-corrected chi connectivity index (χ0v) is 20.7. The second-order valence-corrected chi connectivity index (χ2v) is 9.45. The molecule has 34 heavy (non-hydrogen) atoms. The maximum Gasteiger partial charge on any atom is 0.259 e. The fourth-order valence-corrected chi connectivity index (χ4v) is 4.81. The van der Waals surface area contributed by atoms with Gasteiger partial charge in [-0.05, 0) is 69.5 Å². The van der Waals surface area contributed by atoms with Crippen LogP contribution in [0.4, 0.5) is 5.69 Å². The minimum absolute atomic E-state index is 0.328. The Kier molecular flexibility index (Phi) is 6.32. The fraction of sp³-hybridized carbons (Fsp3) is 0.393. The Hall–Kier alpha value is -3.09. The number of rotatable bonds is 6. The average molecular weight is 464 g/mol. The van der Waals surface area contributed by atoms with Crippen LogP contribution in [0, 0.1) is 0 Å². The van der Waals surface area contributed by atoms with E-state index in [1.54, 1.807) is 38.4 Å². The molecule has 3 atom stereocenters. The normalized spacial score (nSPS) is 25.3. The SMILES string of the molecule is COc1ccc([C@]2(O)c3c(ccc4c3O[C@@](C)(CCC=C(C)C)C=C4)N(C)C(=O)[C@H]2OC)cc1. The molecule has 2 heterocycles. The van der Waals surface area contributed by atoms with E-state index >= 15 is 0 Å². The zero-order valence-electron chi connectivity index (χ0n) is 20.7. The van der Waals surface area contributed by atoms with Crippen LogP contribution in [0.15, 0.2) is 54.1 Å². The van der Waals surface area contributed by atoms with Crippen LogP contribution >= 0.6 is 0 Å². The van der Waals surface area contributed by atoms with Crippen LogP contribution in [-0.4, -0.2) is 44.0 Å². The topological polar surface area (TPSA) is 68.2 Å². The Morgan fingerprint density at radius 2 is 1.88 bits per heavy atom. The maximum absolute atomic E-state index is 13.3. The summed E-state index contributed by atoms with van der Waals surface area (Å²) >= 11 is 0. The Morgan fingerprint density at radius 1 is 1.18 bits per heavy atom. The summed E-state index contributed by atoms with van der Waals surface area (Å²) in [6.45, 7) is 6.21. The average Bonchev–Trinajstić information content (AvgIpc) is 2.82. The summed E-state index contributed by atoms with van der Waals surface area (Å²) in [5, 5.41) is 12.4. The minimum atomic E-state index is -1.75. The largest absolute Gasteiger partial charge is 0.497 e. The number of ether oxygens (including phenoxy) is 3. The molecule has 0 saturated heterocycles. The van der Waals surface area contributed by atoms with E-state index in [-0.39, 0.29) is 5.91 Å². The summed E-state index contributed by atoms with van der Waals surface area (Å²) in [4.78, 5) is 14.8. The lowest BCUT2D eigenvalue weighted by Crippen LogP contribution is -2.56. The van der Waals surface area contributed by atoms with Crippen molar-refractivity contribution in [2.24, 2.45) is 0 Å². The number of amides is 1. The third kappa shape index (κ3) is 3.91. The van der Waals surface area contributed by atoms with Crippen LogP contribution in [0.5, 0.6) is 11.5 Å². The van der Waals surface area contributed by atoms with E-state index < -0.39 is 17.3 Å². The van der Waals surface area contributed by atoms with Gasteiger partial charge in [-0.1, -0.05) is 29.9 Å². The lowest BCUT2D eigenvalue weighted by atomic mass is 9.75. The van der Waals surface area contributed by atoms with Crippen molar-refractivity contribution in [3.63, 3.8) is 0 Å². The number of carbonyl (C=O) groups excluding carboxylic acids is 1. The van der Waals surface area contributed by atoms with Gasteiger partial charge in [0.2, 0.25) is 0 Å². The molecular formula is C28H33NO5. The number of fused-ring (bicyclic) bond motifs is 3. The van der Waals surface area contributed by atoms with Crippen molar-refractivity contribution in [2.75, 3.05) is 26.2 Å². The van der Waals surface area contributed by atoms with Crippen molar-refractivity contribution in [1.29, 1.82) is 0 Å². The minimum Gasteiger partial charge on any atom is -0.497 e. The van der Waals surface area contributed by atoms with Crippen molar-refractivity contribution in [3.05, 3.63) is 70.8 Å². The highest BCUT2D eigenvalue weighted by atomic mass is 16.5. The summed E-state index contributed by atoms with van der Waals surface area (Å²) in [7, 11) is 4.72. The summed E-state index contributed by atoms with van der Waals surface area (Å²) in [6.07, 6.45) is 6.81. The van der Waals surface area contributed by atoms with E-state index in [1.807, 2.05) is 25.1 Å². The summed E-state index contributed by atoms with van der Waals surface area (Å²) in [5.74, 6) is 0.896. The summed E-state index contributed by atoms with van der Waals surface area (Å²) in [6, 6.07) is 10.8. The molecule has 2 aliphatic rings. The molecule has 0 spiro atoms. The molecule has 1 N–H and O–H groups in total. The predicted octanol–water partition coefficient (Wildman–Crippen LogP) is 4.83. The third-order valence-corrected chi connectivity index (χ3v) is 6.75. The number of allylic oxidation sites excluding steroid dienone is 2. The molecular weight excluding hydrogens is 430 g/mol. The van der Waals surface area contributed by atoms with Crippen molar-refractivity contribution in [3.8, 4) is 11.5 Å². The molecule has 6 nitrogen and oxygen atoms in total. The first-order valence-corrected chi connectivity index (χ1v) is 11.5. The Labute approximate surface area is 201 Å². The van der Waals surface area contributed by atoms with Crippen molar-refractivity contribution >= 4 is 17.7 Å². The van der Waals surface area contributed by atoms with Crippen LogP contribution in [0.25, 0.3) is 6.08 Å². The number of hydrogen-bond acceptors (Lipinski definition) is 5. The van der Waals surface area contributed by atoms with Gasteiger partial charge in [-0.3, -0.25) is 4.79 Å². The van der Waals surface area contributed by atoms with Gasteiger partial charge in [0, 0.05) is 19.7 Å². The van der Waals surface area contributed by atoms with Crippen LogP contribution in [0.1, 0.15) is 50.3 Å². The fourth-order valence-electron chi connectivity index (χ4n) is 4.81. The Morgan fingerprint density at radius 3 is 2.50 bits per heavy atom. The van der Waals surface area contributed by atoms with Crippen molar-refractivity contribution in [1.82, 2.24) is 0 Å². The highest BCUT2D eigenvalue weighted by molar-refractivity contribution is 6.02. The van der Waals surface area contributed by atoms with Gasteiger partial charge in [-0.25, -0.2) is 0 Å². The third-order valence-electron chi connectivity index (χ3n) is 6.75. The van der Waals surface area contributed by atoms with Crippen LogP contribution in [0.3, 0.4) is 0 Å². The molecule has 180 valence electrons. The number of carbonyl (C=O) groups is 1. The first kappa shape index (κ1) is 24.0. The Bertz CT molecular complexity index is 1150. The van der Waals surface area contributed by atoms with E-state index in [9.17, 15) is 9.90 Å². The molecule has 0 radical (unpaired) electrons. The summed E-state index contributed by atoms with van der Waals surface area (Å²) < 4.78 is 17.6. The van der Waals surface area contributed by atoms with E-state index in [2.05, 4.69) is 26.0 Å². The molecule has 4 rings (SSSR count). The molecule has 0 unspecified atom stereocenters. The number of aliphatic hydroxyl groups is 1. The van der Waals surface area contributed by atoms with Gasteiger partial charge in [0.25, 0.3) is 5.91 Å². The lowest BCUT2D eigenvalue weighted by molar-refractivity contribution is -0.145. The van der Waals surface area contributed by atoms with E-state index in [1.165, 1.54) is 17.6 Å². The van der Waals surface area contributed by atoms with Gasteiger partial charge in [-0.15, -0.1) is 0 Å². The lowest BCUT2D eigenvalue weighted by Gasteiger charge is -2.45. The van der Waals surface area contributed by atoms with Gasteiger partial charge in [0.1, 0.15) is 17.1 Å². The zero-order chi connectivity index (χ0) is 24.7. The highest BCUT2D eigenvalue weighted by Gasteiger charge is 2.54. The van der Waals surface area contributed by atoms with E-state index in [4.69, 9.17) is 14.2 Å². The van der Waals surface area contributed by atoms with Gasteiger partial charge in [0.15, 0.2) is 11.7 Å². The van der Waals surface area contributed by atoms with Crippen molar-refractivity contribution in [2.45, 2.75) is 50.9 Å².